The molecule has 148 valence electrons. The van der Waals surface area contributed by atoms with Crippen molar-refractivity contribution in [2.45, 2.75) is 19.8 Å². The van der Waals surface area contributed by atoms with E-state index in [0.29, 0.717) is 19.4 Å². The van der Waals surface area contributed by atoms with Gasteiger partial charge in [-0.05, 0) is 24.6 Å². The number of ketones is 1. The molecular weight excluding hydrogens is 352 g/mol. The molecule has 28 heavy (non-hydrogen) atoms. The van der Waals surface area contributed by atoms with Gasteiger partial charge in [0.2, 0.25) is 5.91 Å². The Hall–Kier alpha value is -2.66. The van der Waals surface area contributed by atoms with E-state index in [-0.39, 0.29) is 11.7 Å². The van der Waals surface area contributed by atoms with Crippen molar-refractivity contribution in [1.82, 2.24) is 9.80 Å². The lowest BCUT2D eigenvalue weighted by atomic mass is 10.1. The van der Waals surface area contributed by atoms with Crippen molar-refractivity contribution in [3.8, 4) is 5.75 Å². The van der Waals surface area contributed by atoms with Gasteiger partial charge in [0.05, 0.1) is 13.0 Å². The maximum absolute atomic E-state index is 12.6. The zero-order chi connectivity index (χ0) is 19.8. The molecule has 5 heteroatoms. The molecule has 0 radical (unpaired) electrons. The van der Waals surface area contributed by atoms with Crippen LogP contribution >= 0.6 is 0 Å². The molecule has 3 rings (SSSR count). The maximum atomic E-state index is 12.6. The minimum Gasteiger partial charge on any atom is -0.494 e. The van der Waals surface area contributed by atoms with Crippen LogP contribution in [0.25, 0.3) is 0 Å². The van der Waals surface area contributed by atoms with Gasteiger partial charge in [-0.2, -0.15) is 0 Å². The highest BCUT2D eigenvalue weighted by atomic mass is 16.5. The zero-order valence-electron chi connectivity index (χ0n) is 16.5. The number of hydrogen-bond acceptors (Lipinski definition) is 4. The number of amides is 1. The van der Waals surface area contributed by atoms with Crippen molar-refractivity contribution in [3.63, 3.8) is 0 Å². The zero-order valence-corrected chi connectivity index (χ0v) is 16.5. The highest BCUT2D eigenvalue weighted by Crippen LogP contribution is 2.14. The second-order valence-electron chi connectivity index (χ2n) is 7.02. The summed E-state index contributed by atoms with van der Waals surface area (Å²) in [6.45, 7) is 6.40. The molecule has 0 aliphatic carbocycles. The van der Waals surface area contributed by atoms with E-state index < -0.39 is 0 Å². The molecule has 1 fully saturated rings. The highest BCUT2D eigenvalue weighted by molar-refractivity contribution is 5.96. The molecule has 2 aromatic rings. The molecule has 1 aliphatic rings. The number of carbonyl (C=O) groups is 2. The predicted octanol–water partition coefficient (Wildman–Crippen LogP) is 3.05. The Labute approximate surface area is 166 Å². The van der Waals surface area contributed by atoms with Crippen molar-refractivity contribution >= 4 is 11.7 Å². The SMILES string of the molecule is CCOc1ccc(CC(=O)N2CCN(CCC(=O)c3ccccc3)CC2)cc1. The number of ether oxygens (including phenoxy) is 1. The van der Waals surface area contributed by atoms with Gasteiger partial charge in [-0.25, -0.2) is 0 Å². The van der Waals surface area contributed by atoms with Crippen LogP contribution in [0.15, 0.2) is 54.6 Å². The number of Topliss-reactive ketones (excluding diaryl/α,β-unsaturated/α-hetero) is 1. The standard InChI is InChI=1S/C23H28N2O3/c1-2-28-21-10-8-19(9-11-21)18-23(27)25-16-14-24(15-17-25)13-12-22(26)20-6-4-3-5-7-20/h3-11H,2,12-18H2,1H3. The number of piperazine rings is 1. The fourth-order valence-corrected chi connectivity index (χ4v) is 3.41. The lowest BCUT2D eigenvalue weighted by Gasteiger charge is -2.34. The van der Waals surface area contributed by atoms with Gasteiger partial charge in [-0.3, -0.25) is 14.5 Å². The minimum atomic E-state index is 0.157. The summed E-state index contributed by atoms with van der Waals surface area (Å²) < 4.78 is 5.44. The summed E-state index contributed by atoms with van der Waals surface area (Å²) in [6, 6.07) is 17.1. The fraction of sp³-hybridized carbons (Fsp3) is 0.391. The largest absolute Gasteiger partial charge is 0.494 e. The molecule has 0 N–H and O–H groups in total. The number of benzene rings is 2. The van der Waals surface area contributed by atoms with E-state index in [9.17, 15) is 9.59 Å². The topological polar surface area (TPSA) is 49.9 Å². The first-order valence-corrected chi connectivity index (χ1v) is 9.96. The fourth-order valence-electron chi connectivity index (χ4n) is 3.41. The van der Waals surface area contributed by atoms with Crippen molar-refractivity contribution in [1.29, 1.82) is 0 Å². The van der Waals surface area contributed by atoms with Crippen molar-refractivity contribution in [2.75, 3.05) is 39.3 Å². The van der Waals surface area contributed by atoms with E-state index in [2.05, 4.69) is 4.90 Å². The second kappa shape index (κ2) is 10.0. The number of nitrogens with zero attached hydrogens (tertiary/aromatic N) is 2. The molecule has 0 saturated carbocycles. The smallest absolute Gasteiger partial charge is 0.227 e. The van der Waals surface area contributed by atoms with Crippen LogP contribution < -0.4 is 4.74 Å². The molecule has 1 aliphatic heterocycles. The van der Waals surface area contributed by atoms with E-state index >= 15 is 0 Å². The number of hydrogen-bond donors (Lipinski definition) is 0. The molecule has 0 aromatic heterocycles. The Balaban J connectivity index is 1.40. The van der Waals surface area contributed by atoms with E-state index in [4.69, 9.17) is 4.74 Å². The lowest BCUT2D eigenvalue weighted by molar-refractivity contribution is -0.132. The van der Waals surface area contributed by atoms with E-state index in [1.807, 2.05) is 66.4 Å². The summed E-state index contributed by atoms with van der Waals surface area (Å²) >= 11 is 0. The van der Waals surface area contributed by atoms with E-state index in [1.165, 1.54) is 0 Å². The Kier molecular flexibility index (Phi) is 7.20. The molecule has 1 amide bonds. The van der Waals surface area contributed by atoms with Gasteiger partial charge in [-0.1, -0.05) is 42.5 Å². The normalized spacial score (nSPS) is 14.7. The molecule has 1 heterocycles. The van der Waals surface area contributed by atoms with Crippen LogP contribution in [0.3, 0.4) is 0 Å². The van der Waals surface area contributed by atoms with Gasteiger partial charge in [0.1, 0.15) is 5.75 Å². The molecule has 1 saturated heterocycles. The third-order valence-corrected chi connectivity index (χ3v) is 5.07. The van der Waals surface area contributed by atoms with Gasteiger partial charge in [0, 0.05) is 44.7 Å². The summed E-state index contributed by atoms with van der Waals surface area (Å²) in [6.07, 6.45) is 0.934. The first-order valence-electron chi connectivity index (χ1n) is 9.96. The Bertz CT molecular complexity index is 766. The van der Waals surface area contributed by atoms with Crippen LogP contribution in [-0.4, -0.2) is 60.8 Å². The first-order chi connectivity index (χ1) is 13.7. The summed E-state index contributed by atoms with van der Waals surface area (Å²) in [5.74, 6) is 1.16. The third-order valence-electron chi connectivity index (χ3n) is 5.07. The van der Waals surface area contributed by atoms with E-state index in [0.717, 1.165) is 49.6 Å². The monoisotopic (exact) mass is 380 g/mol. The lowest BCUT2D eigenvalue weighted by Crippen LogP contribution is -2.49. The van der Waals surface area contributed by atoms with Gasteiger partial charge in [-0.15, -0.1) is 0 Å². The van der Waals surface area contributed by atoms with Gasteiger partial charge in [0.15, 0.2) is 5.78 Å². The Morgan fingerprint density at radius 2 is 1.61 bits per heavy atom. The summed E-state index contributed by atoms with van der Waals surface area (Å²) in [7, 11) is 0. The number of carbonyl (C=O) groups excluding carboxylic acids is 2. The molecule has 5 nitrogen and oxygen atoms in total. The van der Waals surface area contributed by atoms with Crippen LogP contribution in [0.5, 0.6) is 5.75 Å². The molecule has 0 unspecified atom stereocenters. The van der Waals surface area contributed by atoms with Gasteiger partial charge >= 0.3 is 0 Å². The molecule has 0 bridgehead atoms. The van der Waals surface area contributed by atoms with Crippen LogP contribution in [-0.2, 0) is 11.2 Å². The third kappa shape index (κ3) is 5.67. The first kappa shape index (κ1) is 20.1. The Morgan fingerprint density at radius 3 is 2.25 bits per heavy atom. The van der Waals surface area contributed by atoms with Crippen LogP contribution in [0, 0.1) is 0 Å². The number of rotatable bonds is 8. The molecular formula is C23H28N2O3. The van der Waals surface area contributed by atoms with E-state index in [1.54, 1.807) is 0 Å². The average Bonchev–Trinajstić information content (AvgIpc) is 2.74. The minimum absolute atomic E-state index is 0.157. The summed E-state index contributed by atoms with van der Waals surface area (Å²) in [4.78, 5) is 29.0. The predicted molar refractivity (Wildman–Crippen MR) is 110 cm³/mol. The molecule has 2 aromatic carbocycles. The molecule has 0 spiro atoms. The van der Waals surface area contributed by atoms with Crippen LogP contribution in [0.4, 0.5) is 0 Å². The van der Waals surface area contributed by atoms with Gasteiger partial charge < -0.3 is 9.64 Å². The summed E-state index contributed by atoms with van der Waals surface area (Å²) in [5.41, 5.74) is 1.77. The second-order valence-corrected chi connectivity index (χ2v) is 7.02. The quantitative estimate of drug-likeness (QED) is 0.661. The van der Waals surface area contributed by atoms with Crippen molar-refractivity contribution in [3.05, 3.63) is 65.7 Å². The van der Waals surface area contributed by atoms with Crippen molar-refractivity contribution in [2.24, 2.45) is 0 Å². The molecule has 0 atom stereocenters. The van der Waals surface area contributed by atoms with Crippen molar-refractivity contribution < 1.29 is 14.3 Å². The van der Waals surface area contributed by atoms with Gasteiger partial charge in [0.25, 0.3) is 0 Å². The van der Waals surface area contributed by atoms with Crippen LogP contribution in [0.2, 0.25) is 0 Å². The summed E-state index contributed by atoms with van der Waals surface area (Å²) in [5, 5.41) is 0. The average molecular weight is 380 g/mol. The van der Waals surface area contributed by atoms with Crippen LogP contribution in [0.1, 0.15) is 29.3 Å². The Morgan fingerprint density at radius 1 is 0.929 bits per heavy atom. The maximum Gasteiger partial charge on any atom is 0.227 e. The highest BCUT2D eigenvalue weighted by Gasteiger charge is 2.21.